The molecule has 0 spiro atoms. The van der Waals surface area contributed by atoms with E-state index in [4.69, 9.17) is 10.5 Å². The van der Waals surface area contributed by atoms with E-state index in [1.807, 2.05) is 38.4 Å². The van der Waals surface area contributed by atoms with Gasteiger partial charge in [-0.05, 0) is 56.4 Å². The molecule has 0 aliphatic rings. The van der Waals surface area contributed by atoms with E-state index in [9.17, 15) is 4.79 Å². The molecule has 5 nitrogen and oxygen atoms in total. The quantitative estimate of drug-likeness (QED) is 0.527. The Hall–Kier alpha value is -1.95. The molecule has 1 amide bonds. The van der Waals surface area contributed by atoms with E-state index >= 15 is 0 Å². The number of halogens is 2. The summed E-state index contributed by atoms with van der Waals surface area (Å²) in [6.07, 6.45) is 0.991. The summed E-state index contributed by atoms with van der Waals surface area (Å²) >= 11 is 0. The highest BCUT2D eigenvalue weighted by molar-refractivity contribution is 5.94. The van der Waals surface area contributed by atoms with Crippen molar-refractivity contribution >= 4 is 36.4 Å². The minimum atomic E-state index is -0.133. The Bertz CT molecular complexity index is 664. The second kappa shape index (κ2) is 12.4. The van der Waals surface area contributed by atoms with E-state index in [-0.39, 0.29) is 30.7 Å². The van der Waals surface area contributed by atoms with Crippen LogP contribution in [0.4, 0.5) is 5.69 Å². The normalized spacial score (nSPS) is 9.81. The molecule has 3 N–H and O–H groups in total. The second-order valence-corrected chi connectivity index (χ2v) is 5.96. The Morgan fingerprint density at radius 1 is 1.12 bits per heavy atom. The number of anilines is 1. The third-order valence-electron chi connectivity index (χ3n) is 3.54. The molecule has 2 aromatic carbocycles. The lowest BCUT2D eigenvalue weighted by Crippen LogP contribution is -2.22. The third kappa shape index (κ3) is 8.43. The van der Waals surface area contributed by atoms with E-state index in [0.29, 0.717) is 24.4 Å². The van der Waals surface area contributed by atoms with E-state index in [1.54, 1.807) is 24.3 Å². The molecular formula is C19H27Cl2N3O2. The summed E-state index contributed by atoms with van der Waals surface area (Å²) in [6, 6.07) is 14.7. The van der Waals surface area contributed by atoms with Gasteiger partial charge in [-0.2, -0.15) is 0 Å². The molecule has 0 aliphatic carbocycles. The lowest BCUT2D eigenvalue weighted by Gasteiger charge is -2.11. The van der Waals surface area contributed by atoms with Crippen molar-refractivity contribution in [2.45, 2.75) is 13.0 Å². The first-order chi connectivity index (χ1) is 11.5. The lowest BCUT2D eigenvalue weighted by atomic mass is 10.1. The van der Waals surface area contributed by atoms with E-state index < -0.39 is 0 Å². The molecule has 0 radical (unpaired) electrons. The van der Waals surface area contributed by atoms with Crippen molar-refractivity contribution in [3.8, 4) is 5.75 Å². The molecule has 0 unspecified atom stereocenters. The molecule has 144 valence electrons. The van der Waals surface area contributed by atoms with Crippen LogP contribution in [0.2, 0.25) is 0 Å². The molecular weight excluding hydrogens is 373 g/mol. The van der Waals surface area contributed by atoms with Gasteiger partial charge in [0.1, 0.15) is 5.75 Å². The molecule has 0 saturated carbocycles. The number of hydrogen-bond acceptors (Lipinski definition) is 4. The summed E-state index contributed by atoms with van der Waals surface area (Å²) in [5.74, 6) is 0.714. The Kier molecular flexibility index (Phi) is 11.5. The molecule has 0 fully saturated rings. The zero-order chi connectivity index (χ0) is 17.4. The first kappa shape index (κ1) is 24.1. The van der Waals surface area contributed by atoms with Gasteiger partial charge in [0.05, 0.1) is 6.61 Å². The highest BCUT2D eigenvalue weighted by Crippen LogP contribution is 2.13. The number of ether oxygens (including phenoxy) is 1. The maximum absolute atomic E-state index is 12.1. The van der Waals surface area contributed by atoms with Gasteiger partial charge < -0.3 is 20.7 Å². The largest absolute Gasteiger partial charge is 0.494 e. The van der Waals surface area contributed by atoms with Gasteiger partial charge in [-0.25, -0.2) is 0 Å². The van der Waals surface area contributed by atoms with Crippen molar-refractivity contribution in [1.29, 1.82) is 0 Å². The van der Waals surface area contributed by atoms with Crippen molar-refractivity contribution < 1.29 is 9.53 Å². The fourth-order valence-corrected chi connectivity index (χ4v) is 2.24. The van der Waals surface area contributed by atoms with Gasteiger partial charge >= 0.3 is 0 Å². The minimum Gasteiger partial charge on any atom is -0.494 e. The van der Waals surface area contributed by atoms with Crippen molar-refractivity contribution in [2.24, 2.45) is 0 Å². The van der Waals surface area contributed by atoms with Gasteiger partial charge in [0.25, 0.3) is 5.91 Å². The average molecular weight is 400 g/mol. The number of rotatable bonds is 8. The summed E-state index contributed by atoms with van der Waals surface area (Å²) in [4.78, 5) is 14.2. The summed E-state index contributed by atoms with van der Waals surface area (Å²) in [6.45, 7) is 2.17. The van der Waals surface area contributed by atoms with Gasteiger partial charge in [0, 0.05) is 24.3 Å². The van der Waals surface area contributed by atoms with Crippen LogP contribution in [0.25, 0.3) is 0 Å². The number of nitrogens with two attached hydrogens (primary N) is 1. The highest BCUT2D eigenvalue weighted by Gasteiger charge is 2.05. The van der Waals surface area contributed by atoms with Crippen LogP contribution in [0.3, 0.4) is 0 Å². The Morgan fingerprint density at radius 2 is 1.81 bits per heavy atom. The molecule has 2 aromatic rings. The summed E-state index contributed by atoms with van der Waals surface area (Å²) in [5.41, 5.74) is 7.86. The van der Waals surface area contributed by atoms with Gasteiger partial charge in [-0.1, -0.05) is 18.2 Å². The van der Waals surface area contributed by atoms with Crippen LogP contribution < -0.4 is 15.8 Å². The first-order valence-electron chi connectivity index (χ1n) is 8.05. The highest BCUT2D eigenvalue weighted by atomic mass is 35.5. The number of amides is 1. The Balaban J connectivity index is 0.00000312. The SMILES string of the molecule is CN(C)CCCOc1ccc(CNC(=O)c2cccc(N)c2)cc1.Cl.Cl. The Labute approximate surface area is 167 Å². The van der Waals surface area contributed by atoms with Crippen molar-refractivity contribution in [2.75, 3.05) is 33.0 Å². The van der Waals surface area contributed by atoms with Crippen LogP contribution in [0.15, 0.2) is 48.5 Å². The predicted octanol–water partition coefficient (Wildman–Crippen LogP) is 3.37. The monoisotopic (exact) mass is 399 g/mol. The predicted molar refractivity (Wildman–Crippen MR) is 112 cm³/mol. The van der Waals surface area contributed by atoms with Crippen LogP contribution >= 0.6 is 24.8 Å². The van der Waals surface area contributed by atoms with Crippen LogP contribution in [0, 0.1) is 0 Å². The molecule has 0 atom stereocenters. The first-order valence-corrected chi connectivity index (χ1v) is 8.05. The zero-order valence-corrected chi connectivity index (χ0v) is 16.7. The van der Waals surface area contributed by atoms with Crippen molar-refractivity contribution in [3.05, 3.63) is 59.7 Å². The maximum Gasteiger partial charge on any atom is 0.251 e. The smallest absolute Gasteiger partial charge is 0.251 e. The van der Waals surface area contributed by atoms with Crippen LogP contribution in [0.5, 0.6) is 5.75 Å². The van der Waals surface area contributed by atoms with E-state index in [2.05, 4.69) is 10.2 Å². The standard InChI is InChI=1S/C19H25N3O2.2ClH/c1-22(2)11-4-12-24-18-9-7-15(8-10-18)14-21-19(23)16-5-3-6-17(20)13-16;;/h3,5-10,13H,4,11-12,14,20H2,1-2H3,(H,21,23);2*1H. The van der Waals surface area contributed by atoms with Gasteiger partial charge in [0.15, 0.2) is 0 Å². The number of carbonyl (C=O) groups excluding carboxylic acids is 1. The summed E-state index contributed by atoms with van der Waals surface area (Å²) < 4.78 is 5.69. The number of nitrogens with one attached hydrogen (secondary N) is 1. The van der Waals surface area contributed by atoms with E-state index in [0.717, 1.165) is 24.3 Å². The number of carbonyl (C=O) groups is 1. The van der Waals surface area contributed by atoms with Crippen LogP contribution in [0.1, 0.15) is 22.3 Å². The molecule has 26 heavy (non-hydrogen) atoms. The topological polar surface area (TPSA) is 67.6 Å². The third-order valence-corrected chi connectivity index (χ3v) is 3.54. The van der Waals surface area contributed by atoms with Crippen molar-refractivity contribution in [3.63, 3.8) is 0 Å². The second-order valence-electron chi connectivity index (χ2n) is 5.96. The Morgan fingerprint density at radius 3 is 2.42 bits per heavy atom. The van der Waals surface area contributed by atoms with Gasteiger partial charge in [0.2, 0.25) is 0 Å². The minimum absolute atomic E-state index is 0. The van der Waals surface area contributed by atoms with E-state index in [1.165, 1.54) is 0 Å². The number of benzene rings is 2. The van der Waals surface area contributed by atoms with Crippen LogP contribution in [-0.4, -0.2) is 38.1 Å². The number of nitrogen functional groups attached to an aromatic ring is 1. The van der Waals surface area contributed by atoms with Gasteiger partial charge in [-0.15, -0.1) is 24.8 Å². The molecule has 0 saturated heterocycles. The molecule has 0 aromatic heterocycles. The lowest BCUT2D eigenvalue weighted by molar-refractivity contribution is 0.0951. The zero-order valence-electron chi connectivity index (χ0n) is 15.1. The number of nitrogens with zero attached hydrogens (tertiary/aromatic N) is 1. The molecule has 2 rings (SSSR count). The van der Waals surface area contributed by atoms with Crippen LogP contribution in [-0.2, 0) is 6.54 Å². The molecule has 0 bridgehead atoms. The average Bonchev–Trinajstić information content (AvgIpc) is 2.57. The van der Waals surface area contributed by atoms with Crippen molar-refractivity contribution in [1.82, 2.24) is 10.2 Å². The molecule has 7 heteroatoms. The molecule has 0 aliphatic heterocycles. The molecule has 0 heterocycles. The summed E-state index contributed by atoms with van der Waals surface area (Å²) in [7, 11) is 4.10. The fourth-order valence-electron chi connectivity index (χ4n) is 2.24. The maximum atomic E-state index is 12.1. The number of hydrogen-bond donors (Lipinski definition) is 2. The fraction of sp³-hybridized carbons (Fsp3) is 0.316. The van der Waals surface area contributed by atoms with Gasteiger partial charge in [-0.3, -0.25) is 4.79 Å². The summed E-state index contributed by atoms with van der Waals surface area (Å²) in [5, 5.41) is 2.89.